The fourth-order valence-electron chi connectivity index (χ4n) is 0.985. The molecule has 0 bridgehead atoms. The Morgan fingerprint density at radius 1 is 1.17 bits per heavy atom. The summed E-state index contributed by atoms with van der Waals surface area (Å²) in [5.74, 6) is 0.706. The number of aryl methyl sites for hydroxylation is 2. The molecule has 0 aliphatic carbocycles. The number of aromatic nitrogens is 5. The van der Waals surface area contributed by atoms with Crippen molar-refractivity contribution in [2.45, 2.75) is 13.8 Å². The van der Waals surface area contributed by atoms with Crippen LogP contribution in [0.5, 0.6) is 0 Å². The fourth-order valence-corrected chi connectivity index (χ4v) is 0.985. The molecule has 1 radical (unpaired) electrons. The van der Waals surface area contributed by atoms with Gasteiger partial charge in [-0.3, -0.25) is 15.2 Å². The Bertz CT molecular complexity index is 396. The molecule has 0 spiro atoms. The van der Waals surface area contributed by atoms with Gasteiger partial charge in [-0.25, -0.2) is 0 Å². The molecule has 0 amide bonds. The summed E-state index contributed by atoms with van der Waals surface area (Å²) in [5, 5.41) is 11.0. The second kappa shape index (κ2) is 3.53. The third-order valence-corrected chi connectivity index (χ3v) is 1.44. The van der Waals surface area contributed by atoms with Crippen LogP contribution in [-0.4, -0.2) is 20.3 Å². The van der Waals surface area contributed by atoms with Gasteiger partial charge in [0.1, 0.15) is 0 Å². The molecular formula is C6H6N5Y-. The van der Waals surface area contributed by atoms with Gasteiger partial charge in [0.15, 0.2) is 0 Å². The van der Waals surface area contributed by atoms with E-state index in [0.29, 0.717) is 17.0 Å². The number of rotatable bonds is 0. The van der Waals surface area contributed by atoms with E-state index in [9.17, 15) is 0 Å². The van der Waals surface area contributed by atoms with Crippen molar-refractivity contribution in [1.29, 1.82) is 0 Å². The second-order valence-corrected chi connectivity index (χ2v) is 2.32. The van der Waals surface area contributed by atoms with Gasteiger partial charge in [0.25, 0.3) is 0 Å². The largest absolute Gasteiger partial charge is 0.346 e. The maximum atomic E-state index is 4.12. The molecule has 0 N–H and O–H groups in total. The molecule has 0 atom stereocenters. The van der Waals surface area contributed by atoms with Gasteiger partial charge in [0.2, 0.25) is 0 Å². The zero-order chi connectivity index (χ0) is 7.84. The van der Waals surface area contributed by atoms with E-state index in [0.717, 1.165) is 5.69 Å². The van der Waals surface area contributed by atoms with Crippen LogP contribution >= 0.6 is 0 Å². The molecule has 2 rings (SSSR count). The molecule has 2 aromatic rings. The Morgan fingerprint density at radius 2 is 1.92 bits per heavy atom. The van der Waals surface area contributed by atoms with Gasteiger partial charge in [0.05, 0.1) is 11.5 Å². The van der Waals surface area contributed by atoms with Gasteiger partial charge in [0, 0.05) is 43.9 Å². The first kappa shape index (κ1) is 9.67. The van der Waals surface area contributed by atoms with E-state index in [4.69, 9.17) is 0 Å². The zero-order valence-electron chi connectivity index (χ0n) is 6.81. The summed E-state index contributed by atoms with van der Waals surface area (Å²) in [6, 6.07) is 0. The zero-order valence-corrected chi connectivity index (χ0v) is 9.65. The third-order valence-electron chi connectivity index (χ3n) is 1.44. The molecule has 0 aliphatic rings. The first-order valence-electron chi connectivity index (χ1n) is 3.24. The second-order valence-electron chi connectivity index (χ2n) is 2.32. The molecule has 2 aromatic heterocycles. The van der Waals surface area contributed by atoms with Crippen LogP contribution in [0.1, 0.15) is 11.5 Å². The molecule has 12 heavy (non-hydrogen) atoms. The van der Waals surface area contributed by atoms with E-state index in [2.05, 4.69) is 25.4 Å². The fraction of sp³-hybridized carbons (Fsp3) is 0.333. The molecule has 0 aliphatic heterocycles. The van der Waals surface area contributed by atoms with Gasteiger partial charge >= 0.3 is 0 Å². The number of hydrogen-bond donors (Lipinski definition) is 0. The van der Waals surface area contributed by atoms with Gasteiger partial charge < -0.3 is 4.98 Å². The van der Waals surface area contributed by atoms with E-state index in [1.165, 1.54) is 0 Å². The standard InChI is InChI=1S/C6H6N5.Y/c1-3-5-6(10-11-9-5)8-4(2)7-3;/h1-2H3;/q-1;. The molecule has 0 aromatic carbocycles. The number of fused-ring (bicyclic) bond motifs is 1. The number of hydrogen-bond acceptors (Lipinski definition) is 4. The molecule has 0 saturated carbocycles. The topological polar surface area (TPSA) is 65.7 Å². The predicted octanol–water partition coefficient (Wildman–Crippen LogP) is -0.00866. The van der Waals surface area contributed by atoms with Crippen LogP contribution in [0.25, 0.3) is 11.2 Å². The first-order valence-corrected chi connectivity index (χ1v) is 3.24. The summed E-state index contributed by atoms with van der Waals surface area (Å²) in [6.07, 6.45) is 0. The summed E-state index contributed by atoms with van der Waals surface area (Å²) in [4.78, 5) is 8.17. The van der Waals surface area contributed by atoms with Gasteiger partial charge in [-0.2, -0.15) is 5.21 Å². The van der Waals surface area contributed by atoms with Crippen molar-refractivity contribution in [3.05, 3.63) is 11.5 Å². The quantitative estimate of drug-likeness (QED) is 0.644. The molecule has 2 heterocycles. The molecule has 0 unspecified atom stereocenters. The summed E-state index contributed by atoms with van der Waals surface area (Å²) in [7, 11) is 0. The molecule has 59 valence electrons. The number of nitrogens with zero attached hydrogens (tertiary/aromatic N) is 5. The van der Waals surface area contributed by atoms with Crippen LogP contribution in [0, 0.1) is 13.8 Å². The van der Waals surface area contributed by atoms with Crippen LogP contribution in [0.3, 0.4) is 0 Å². The van der Waals surface area contributed by atoms with Gasteiger partial charge in [-0.15, -0.1) is 0 Å². The summed E-state index contributed by atoms with van der Waals surface area (Å²) in [5.41, 5.74) is 2.10. The Balaban J connectivity index is 0.000000720. The summed E-state index contributed by atoms with van der Waals surface area (Å²) < 4.78 is 0. The van der Waals surface area contributed by atoms with Crippen molar-refractivity contribution in [2.75, 3.05) is 0 Å². The van der Waals surface area contributed by atoms with Crippen molar-refractivity contribution in [3.63, 3.8) is 0 Å². The van der Waals surface area contributed by atoms with Crippen LogP contribution < -0.4 is 5.10 Å². The normalized spacial score (nSPS) is 9.83. The molecule has 5 nitrogen and oxygen atoms in total. The molecule has 0 saturated heterocycles. The Kier molecular flexibility index (Phi) is 2.85. The average Bonchev–Trinajstić information content (AvgIpc) is 2.34. The molecular weight excluding hydrogens is 231 g/mol. The van der Waals surface area contributed by atoms with Crippen LogP contribution in [0.4, 0.5) is 0 Å². The van der Waals surface area contributed by atoms with E-state index >= 15 is 0 Å². The van der Waals surface area contributed by atoms with Crippen molar-refractivity contribution in [3.8, 4) is 0 Å². The summed E-state index contributed by atoms with van der Waals surface area (Å²) >= 11 is 0. The average molecular weight is 237 g/mol. The minimum atomic E-state index is 0. The van der Waals surface area contributed by atoms with Crippen LogP contribution in [0.2, 0.25) is 0 Å². The maximum Gasteiger partial charge on any atom is 0.0575 e. The Labute approximate surface area is 94.3 Å². The molecule has 6 heteroatoms. The molecule has 0 fully saturated rings. The first-order chi connectivity index (χ1) is 5.27. The Morgan fingerprint density at radius 3 is 2.67 bits per heavy atom. The van der Waals surface area contributed by atoms with Crippen molar-refractivity contribution in [1.82, 2.24) is 25.4 Å². The van der Waals surface area contributed by atoms with E-state index < -0.39 is 0 Å². The minimum Gasteiger partial charge on any atom is -0.346 e. The Hall–Kier alpha value is -0.416. The minimum absolute atomic E-state index is 0. The predicted molar refractivity (Wildman–Crippen MR) is 37.9 cm³/mol. The van der Waals surface area contributed by atoms with Crippen LogP contribution in [-0.2, 0) is 32.7 Å². The monoisotopic (exact) mass is 237 g/mol. The van der Waals surface area contributed by atoms with Crippen molar-refractivity contribution < 1.29 is 32.7 Å². The van der Waals surface area contributed by atoms with E-state index in [1.807, 2.05) is 13.8 Å². The SMILES string of the molecule is Cc1nc(C)c2nn[n-]c2n1.[Y]. The van der Waals surface area contributed by atoms with Crippen molar-refractivity contribution >= 4 is 11.2 Å². The summed E-state index contributed by atoms with van der Waals surface area (Å²) in [6.45, 7) is 3.69. The van der Waals surface area contributed by atoms with Crippen molar-refractivity contribution in [2.24, 2.45) is 0 Å². The third kappa shape index (κ3) is 1.52. The van der Waals surface area contributed by atoms with Gasteiger partial charge in [-0.1, -0.05) is 0 Å². The van der Waals surface area contributed by atoms with E-state index in [1.54, 1.807) is 0 Å². The van der Waals surface area contributed by atoms with Crippen LogP contribution in [0.15, 0.2) is 0 Å². The van der Waals surface area contributed by atoms with Gasteiger partial charge in [-0.05, 0) is 13.8 Å². The smallest absolute Gasteiger partial charge is 0.0575 e. The maximum absolute atomic E-state index is 4.12. The van der Waals surface area contributed by atoms with E-state index in [-0.39, 0.29) is 32.7 Å².